The Labute approximate surface area is 146 Å². The van der Waals surface area contributed by atoms with Gasteiger partial charge in [-0.25, -0.2) is 0 Å². The van der Waals surface area contributed by atoms with Gasteiger partial charge >= 0.3 is 0 Å². The molecule has 0 bridgehead atoms. The summed E-state index contributed by atoms with van der Waals surface area (Å²) in [6.45, 7) is 5.40. The first-order valence-electron chi connectivity index (χ1n) is 8.88. The monoisotopic (exact) mass is 336 g/mol. The molecule has 1 fully saturated rings. The van der Waals surface area contributed by atoms with E-state index in [0.29, 0.717) is 6.42 Å². The van der Waals surface area contributed by atoms with Gasteiger partial charge in [0, 0.05) is 25.2 Å². The molecule has 0 heterocycles. The number of anilines is 1. The Hall–Kier alpha value is -1.06. The maximum absolute atomic E-state index is 12.2. The molecule has 0 aromatic heterocycles. The van der Waals surface area contributed by atoms with E-state index in [2.05, 4.69) is 35.3 Å². The molecule has 0 spiro atoms. The summed E-state index contributed by atoms with van der Waals surface area (Å²) in [7, 11) is 0. The SMILES string of the molecule is CCCN(CCC(=O)Nc1ccc2c(c1)CCC2)CC1CC1.Cl. The fourth-order valence-electron chi connectivity index (χ4n) is 3.41. The van der Waals surface area contributed by atoms with Crippen LogP contribution in [0.3, 0.4) is 0 Å². The van der Waals surface area contributed by atoms with E-state index in [1.807, 2.05) is 0 Å². The molecule has 3 rings (SSSR count). The molecule has 2 aliphatic rings. The van der Waals surface area contributed by atoms with E-state index >= 15 is 0 Å². The molecule has 2 aliphatic carbocycles. The molecule has 0 radical (unpaired) electrons. The average molecular weight is 337 g/mol. The number of halogens is 1. The Morgan fingerprint density at radius 1 is 1.22 bits per heavy atom. The van der Waals surface area contributed by atoms with Crippen molar-refractivity contribution in [3.63, 3.8) is 0 Å². The number of fused-ring (bicyclic) bond motifs is 1. The van der Waals surface area contributed by atoms with Gasteiger partial charge in [-0.3, -0.25) is 4.79 Å². The van der Waals surface area contributed by atoms with E-state index in [-0.39, 0.29) is 18.3 Å². The quantitative estimate of drug-likeness (QED) is 0.776. The van der Waals surface area contributed by atoms with Crippen molar-refractivity contribution < 1.29 is 4.79 Å². The number of nitrogens with one attached hydrogen (secondary N) is 1. The minimum Gasteiger partial charge on any atom is -0.326 e. The summed E-state index contributed by atoms with van der Waals surface area (Å²) in [4.78, 5) is 14.6. The smallest absolute Gasteiger partial charge is 0.225 e. The zero-order chi connectivity index (χ0) is 15.4. The van der Waals surface area contributed by atoms with Crippen LogP contribution in [0.4, 0.5) is 5.69 Å². The van der Waals surface area contributed by atoms with Gasteiger partial charge in [0.15, 0.2) is 0 Å². The molecule has 0 saturated heterocycles. The molecule has 1 aromatic carbocycles. The average Bonchev–Trinajstić information content (AvgIpc) is 3.19. The van der Waals surface area contributed by atoms with Crippen LogP contribution in [0, 0.1) is 5.92 Å². The number of carbonyl (C=O) groups is 1. The van der Waals surface area contributed by atoms with Crippen molar-refractivity contribution in [2.75, 3.05) is 25.0 Å². The van der Waals surface area contributed by atoms with Crippen molar-refractivity contribution in [2.24, 2.45) is 5.92 Å². The van der Waals surface area contributed by atoms with Crippen molar-refractivity contribution in [2.45, 2.75) is 51.9 Å². The van der Waals surface area contributed by atoms with Gasteiger partial charge in [0.2, 0.25) is 5.91 Å². The van der Waals surface area contributed by atoms with E-state index in [0.717, 1.165) is 31.1 Å². The van der Waals surface area contributed by atoms with Crippen LogP contribution in [0.5, 0.6) is 0 Å². The molecule has 0 unspecified atom stereocenters. The Balaban J connectivity index is 0.00000192. The van der Waals surface area contributed by atoms with Crippen molar-refractivity contribution in [3.8, 4) is 0 Å². The first-order valence-corrected chi connectivity index (χ1v) is 8.88. The fourth-order valence-corrected chi connectivity index (χ4v) is 3.41. The van der Waals surface area contributed by atoms with Gasteiger partial charge < -0.3 is 10.2 Å². The number of hydrogen-bond donors (Lipinski definition) is 1. The lowest BCUT2D eigenvalue weighted by Crippen LogP contribution is -2.30. The second kappa shape index (κ2) is 8.70. The van der Waals surface area contributed by atoms with Gasteiger partial charge in [-0.1, -0.05) is 13.0 Å². The summed E-state index contributed by atoms with van der Waals surface area (Å²) in [5, 5.41) is 3.07. The van der Waals surface area contributed by atoms with Gasteiger partial charge in [-0.15, -0.1) is 12.4 Å². The highest BCUT2D eigenvalue weighted by Gasteiger charge is 2.24. The van der Waals surface area contributed by atoms with Gasteiger partial charge in [-0.2, -0.15) is 0 Å². The normalized spacial score (nSPS) is 16.1. The van der Waals surface area contributed by atoms with Gasteiger partial charge in [0.1, 0.15) is 0 Å². The third kappa shape index (κ3) is 5.50. The summed E-state index contributed by atoms with van der Waals surface area (Å²) < 4.78 is 0. The zero-order valence-corrected chi connectivity index (χ0v) is 15.0. The van der Waals surface area contributed by atoms with Crippen LogP contribution in [0.25, 0.3) is 0 Å². The molecule has 1 N–H and O–H groups in total. The highest BCUT2D eigenvalue weighted by molar-refractivity contribution is 5.91. The van der Waals surface area contributed by atoms with Crippen LogP contribution in [-0.2, 0) is 17.6 Å². The van der Waals surface area contributed by atoms with Crippen LogP contribution < -0.4 is 5.32 Å². The van der Waals surface area contributed by atoms with Crippen LogP contribution in [-0.4, -0.2) is 30.4 Å². The van der Waals surface area contributed by atoms with Crippen LogP contribution in [0.15, 0.2) is 18.2 Å². The van der Waals surface area contributed by atoms with E-state index in [9.17, 15) is 4.79 Å². The summed E-state index contributed by atoms with van der Waals surface area (Å²) in [6, 6.07) is 6.39. The zero-order valence-electron chi connectivity index (χ0n) is 14.1. The number of carbonyl (C=O) groups excluding carboxylic acids is 1. The predicted molar refractivity (Wildman–Crippen MR) is 98.4 cm³/mol. The van der Waals surface area contributed by atoms with Crippen LogP contribution >= 0.6 is 12.4 Å². The number of benzene rings is 1. The topological polar surface area (TPSA) is 32.3 Å². The molecule has 3 nitrogen and oxygen atoms in total. The lowest BCUT2D eigenvalue weighted by atomic mass is 10.1. The largest absolute Gasteiger partial charge is 0.326 e. The Kier molecular flexibility index (Phi) is 6.91. The molecule has 1 aromatic rings. The third-order valence-electron chi connectivity index (χ3n) is 4.79. The minimum absolute atomic E-state index is 0. The van der Waals surface area contributed by atoms with E-state index in [4.69, 9.17) is 0 Å². The first kappa shape index (κ1) is 18.3. The number of aryl methyl sites for hydroxylation is 2. The predicted octanol–water partition coefficient (Wildman–Crippen LogP) is 4.05. The number of hydrogen-bond acceptors (Lipinski definition) is 2. The number of rotatable bonds is 8. The third-order valence-corrected chi connectivity index (χ3v) is 4.79. The van der Waals surface area contributed by atoms with E-state index in [1.165, 1.54) is 49.8 Å². The molecule has 1 amide bonds. The Bertz CT molecular complexity index is 528. The standard InChI is InChI=1S/C19H28N2O.ClH/c1-2-11-21(14-15-6-7-15)12-10-19(22)20-18-9-8-16-4-3-5-17(16)13-18;/h8-9,13,15H,2-7,10-12,14H2,1H3,(H,20,22);1H. The van der Waals surface area contributed by atoms with Gasteiger partial charge in [0.25, 0.3) is 0 Å². The summed E-state index contributed by atoms with van der Waals surface area (Å²) in [6.07, 6.45) is 8.12. The van der Waals surface area contributed by atoms with Crippen LogP contribution in [0.2, 0.25) is 0 Å². The molecule has 0 aliphatic heterocycles. The molecule has 128 valence electrons. The summed E-state index contributed by atoms with van der Waals surface area (Å²) in [5.74, 6) is 1.04. The molecule has 0 atom stereocenters. The highest BCUT2D eigenvalue weighted by Crippen LogP contribution is 2.29. The molecule has 23 heavy (non-hydrogen) atoms. The lowest BCUT2D eigenvalue weighted by Gasteiger charge is -2.21. The van der Waals surface area contributed by atoms with Crippen LogP contribution in [0.1, 0.15) is 50.2 Å². The second-order valence-electron chi connectivity index (χ2n) is 6.88. The fraction of sp³-hybridized carbons (Fsp3) is 0.632. The first-order chi connectivity index (χ1) is 10.7. The van der Waals surface area contributed by atoms with Gasteiger partial charge in [-0.05, 0) is 74.2 Å². The Morgan fingerprint density at radius 2 is 2.00 bits per heavy atom. The summed E-state index contributed by atoms with van der Waals surface area (Å²) >= 11 is 0. The molecular weight excluding hydrogens is 308 g/mol. The van der Waals surface area contributed by atoms with Gasteiger partial charge in [0.05, 0.1) is 0 Å². The minimum atomic E-state index is 0. The number of amides is 1. The highest BCUT2D eigenvalue weighted by atomic mass is 35.5. The lowest BCUT2D eigenvalue weighted by molar-refractivity contribution is -0.116. The Morgan fingerprint density at radius 3 is 2.74 bits per heavy atom. The van der Waals surface area contributed by atoms with E-state index < -0.39 is 0 Å². The second-order valence-corrected chi connectivity index (χ2v) is 6.88. The molecule has 1 saturated carbocycles. The van der Waals surface area contributed by atoms with Crippen molar-refractivity contribution in [1.29, 1.82) is 0 Å². The van der Waals surface area contributed by atoms with Crippen molar-refractivity contribution in [3.05, 3.63) is 29.3 Å². The maximum atomic E-state index is 12.2. The molecular formula is C19H29ClN2O. The molecule has 4 heteroatoms. The summed E-state index contributed by atoms with van der Waals surface area (Å²) in [5.41, 5.74) is 3.84. The van der Waals surface area contributed by atoms with Crippen molar-refractivity contribution in [1.82, 2.24) is 4.90 Å². The number of nitrogens with zero attached hydrogens (tertiary/aromatic N) is 1. The van der Waals surface area contributed by atoms with E-state index in [1.54, 1.807) is 0 Å². The van der Waals surface area contributed by atoms with Crippen molar-refractivity contribution >= 4 is 24.0 Å². The maximum Gasteiger partial charge on any atom is 0.225 e.